The number of likely N-dealkylation sites (tertiary alicyclic amines) is 1. The van der Waals surface area contributed by atoms with Gasteiger partial charge in [0.1, 0.15) is 24.9 Å². The number of nitrogens with two attached hydrogens (primary N) is 1. The van der Waals surface area contributed by atoms with Crippen LogP contribution in [0.1, 0.15) is 42.1 Å². The highest BCUT2D eigenvalue weighted by Crippen LogP contribution is 2.34. The Hall–Kier alpha value is -2.25. The highest BCUT2D eigenvalue weighted by atomic mass is 16.5. The summed E-state index contributed by atoms with van der Waals surface area (Å²) in [5, 5.41) is 10.2. The summed E-state index contributed by atoms with van der Waals surface area (Å²) in [6.45, 7) is 3.92. The van der Waals surface area contributed by atoms with Crippen LogP contribution in [-0.4, -0.2) is 59.0 Å². The van der Waals surface area contributed by atoms with Gasteiger partial charge in [-0.2, -0.15) is 0 Å². The molecule has 140 valence electrons. The van der Waals surface area contributed by atoms with E-state index >= 15 is 0 Å². The maximum atomic E-state index is 13.3. The van der Waals surface area contributed by atoms with Gasteiger partial charge in [0.15, 0.2) is 5.78 Å². The van der Waals surface area contributed by atoms with Gasteiger partial charge in [-0.05, 0) is 24.0 Å². The molecule has 7 nitrogen and oxygen atoms in total. The minimum atomic E-state index is -0.888. The number of ketones is 1. The SMILES string of the molecule is CC(C)C[C@H](C(=O)N1C[C@H](O)[C@H]2OCC(=O)[C@H]21)c1ccccc1C(N)=O. The Kier molecular flexibility index (Phi) is 5.11. The van der Waals surface area contributed by atoms with Crippen molar-refractivity contribution in [2.45, 2.75) is 44.4 Å². The molecule has 0 aromatic heterocycles. The number of primary amides is 1. The van der Waals surface area contributed by atoms with Crippen molar-refractivity contribution in [1.82, 2.24) is 4.90 Å². The molecule has 2 aliphatic rings. The van der Waals surface area contributed by atoms with E-state index in [0.717, 1.165) is 0 Å². The summed E-state index contributed by atoms with van der Waals surface area (Å²) >= 11 is 0. The second-order valence-corrected chi connectivity index (χ2v) is 7.38. The molecule has 2 heterocycles. The lowest BCUT2D eigenvalue weighted by Gasteiger charge is -2.28. The number of nitrogens with zero attached hydrogens (tertiary/aromatic N) is 1. The monoisotopic (exact) mass is 360 g/mol. The van der Waals surface area contributed by atoms with Crippen LogP contribution in [0.15, 0.2) is 24.3 Å². The van der Waals surface area contributed by atoms with E-state index in [4.69, 9.17) is 10.5 Å². The van der Waals surface area contributed by atoms with Crippen LogP contribution in [0.5, 0.6) is 0 Å². The summed E-state index contributed by atoms with van der Waals surface area (Å²) in [6.07, 6.45) is -1.05. The number of fused-ring (bicyclic) bond motifs is 1. The zero-order chi connectivity index (χ0) is 19.0. The number of ether oxygens (including phenoxy) is 1. The Labute approximate surface area is 152 Å². The number of amides is 2. The first kappa shape index (κ1) is 18.5. The average molecular weight is 360 g/mol. The maximum absolute atomic E-state index is 13.3. The molecule has 1 aromatic carbocycles. The molecule has 0 unspecified atom stereocenters. The summed E-state index contributed by atoms with van der Waals surface area (Å²) in [5.74, 6) is -1.51. The lowest BCUT2D eigenvalue weighted by atomic mass is 9.86. The Bertz CT molecular complexity index is 732. The average Bonchev–Trinajstić information content (AvgIpc) is 3.13. The van der Waals surface area contributed by atoms with Gasteiger partial charge >= 0.3 is 0 Å². The number of hydrogen-bond acceptors (Lipinski definition) is 5. The largest absolute Gasteiger partial charge is 0.388 e. The lowest BCUT2D eigenvalue weighted by molar-refractivity contribution is -0.138. The molecule has 3 rings (SSSR count). The van der Waals surface area contributed by atoms with Crippen molar-refractivity contribution in [2.75, 3.05) is 13.2 Å². The van der Waals surface area contributed by atoms with Gasteiger partial charge in [0.25, 0.3) is 0 Å². The number of carbonyl (C=O) groups excluding carboxylic acids is 3. The van der Waals surface area contributed by atoms with Gasteiger partial charge in [-0.1, -0.05) is 32.0 Å². The van der Waals surface area contributed by atoms with Gasteiger partial charge in [-0.15, -0.1) is 0 Å². The summed E-state index contributed by atoms with van der Waals surface area (Å²) in [5.41, 5.74) is 6.35. The topological polar surface area (TPSA) is 110 Å². The van der Waals surface area contributed by atoms with Crippen molar-refractivity contribution in [2.24, 2.45) is 11.7 Å². The fourth-order valence-electron chi connectivity index (χ4n) is 3.91. The number of aliphatic hydroxyl groups is 1. The van der Waals surface area contributed by atoms with Crippen molar-refractivity contribution >= 4 is 17.6 Å². The van der Waals surface area contributed by atoms with E-state index in [-0.39, 0.29) is 30.8 Å². The maximum Gasteiger partial charge on any atom is 0.249 e. The molecule has 2 saturated heterocycles. The molecule has 1 aromatic rings. The number of aliphatic hydroxyl groups excluding tert-OH is 1. The smallest absolute Gasteiger partial charge is 0.249 e. The van der Waals surface area contributed by atoms with Crippen LogP contribution in [0.2, 0.25) is 0 Å². The van der Waals surface area contributed by atoms with E-state index < -0.39 is 30.1 Å². The molecule has 2 amide bonds. The van der Waals surface area contributed by atoms with E-state index in [1.54, 1.807) is 24.3 Å². The summed E-state index contributed by atoms with van der Waals surface area (Å²) in [6, 6.07) is 6.03. The quantitative estimate of drug-likeness (QED) is 0.792. The number of hydrogen-bond donors (Lipinski definition) is 2. The van der Waals surface area contributed by atoms with Crippen molar-refractivity contribution in [3.05, 3.63) is 35.4 Å². The molecule has 4 atom stereocenters. The van der Waals surface area contributed by atoms with Crippen LogP contribution in [0.4, 0.5) is 0 Å². The van der Waals surface area contributed by atoms with Gasteiger partial charge in [0.05, 0.1) is 12.5 Å². The summed E-state index contributed by atoms with van der Waals surface area (Å²) in [7, 11) is 0. The Balaban J connectivity index is 1.97. The Morgan fingerprint density at radius 3 is 2.69 bits per heavy atom. The normalized spacial score (nSPS) is 26.2. The van der Waals surface area contributed by atoms with Crippen LogP contribution in [-0.2, 0) is 14.3 Å². The highest BCUT2D eigenvalue weighted by Gasteiger charge is 2.52. The predicted octanol–water partition coefficient (Wildman–Crippen LogP) is 0.455. The van der Waals surface area contributed by atoms with E-state index in [1.807, 2.05) is 13.8 Å². The number of β-amino-alcohol motifs (C(OH)–C–C–N with tert-alkyl or cyclic N) is 1. The van der Waals surface area contributed by atoms with Crippen molar-refractivity contribution < 1.29 is 24.2 Å². The molecular formula is C19H24N2O5. The van der Waals surface area contributed by atoms with E-state index in [1.165, 1.54) is 4.90 Å². The first-order valence-electron chi connectivity index (χ1n) is 8.82. The van der Waals surface area contributed by atoms with E-state index in [2.05, 4.69) is 0 Å². The molecule has 3 N–H and O–H groups in total. The third-order valence-corrected chi connectivity index (χ3v) is 5.05. The zero-order valence-corrected chi connectivity index (χ0v) is 14.9. The van der Waals surface area contributed by atoms with E-state index in [9.17, 15) is 19.5 Å². The van der Waals surface area contributed by atoms with Crippen molar-refractivity contribution in [3.8, 4) is 0 Å². The second-order valence-electron chi connectivity index (χ2n) is 7.38. The first-order valence-corrected chi connectivity index (χ1v) is 8.82. The summed E-state index contributed by atoms with van der Waals surface area (Å²) in [4.78, 5) is 38.8. The van der Waals surface area contributed by atoms with Crippen LogP contribution in [0.3, 0.4) is 0 Å². The molecule has 0 saturated carbocycles. The number of benzene rings is 1. The fourth-order valence-corrected chi connectivity index (χ4v) is 3.91. The molecule has 0 aliphatic carbocycles. The Morgan fingerprint density at radius 2 is 2.04 bits per heavy atom. The standard InChI is InChI=1S/C19H24N2O5/c1-10(2)7-13(11-5-3-4-6-12(11)18(20)24)19(25)21-8-14(22)17-16(21)15(23)9-26-17/h3-6,10,13-14,16-17,22H,7-9H2,1-2H3,(H2,20,24)/t13-,14-,16+,17+/m0/s1. The highest BCUT2D eigenvalue weighted by molar-refractivity contribution is 5.98. The van der Waals surface area contributed by atoms with Gasteiger partial charge in [-0.3, -0.25) is 14.4 Å². The predicted molar refractivity (Wildman–Crippen MR) is 93.4 cm³/mol. The van der Waals surface area contributed by atoms with Gasteiger partial charge in [-0.25, -0.2) is 0 Å². The van der Waals surface area contributed by atoms with Crippen LogP contribution in [0, 0.1) is 5.92 Å². The molecule has 2 aliphatic heterocycles. The molecule has 2 fully saturated rings. The number of rotatable bonds is 5. The molecule has 0 bridgehead atoms. The third-order valence-electron chi connectivity index (χ3n) is 5.05. The van der Waals surface area contributed by atoms with Crippen LogP contribution >= 0.6 is 0 Å². The molecular weight excluding hydrogens is 336 g/mol. The number of carbonyl (C=O) groups is 3. The van der Waals surface area contributed by atoms with Gasteiger partial charge in [0, 0.05) is 5.56 Å². The van der Waals surface area contributed by atoms with Crippen molar-refractivity contribution in [1.29, 1.82) is 0 Å². The minimum absolute atomic E-state index is 0.0488. The van der Waals surface area contributed by atoms with Crippen LogP contribution in [0.25, 0.3) is 0 Å². The Morgan fingerprint density at radius 1 is 1.35 bits per heavy atom. The van der Waals surface area contributed by atoms with Crippen LogP contribution < -0.4 is 5.73 Å². The molecule has 26 heavy (non-hydrogen) atoms. The number of Topliss-reactive ketones (excluding diaryl/α,β-unsaturated/α-hetero) is 1. The molecule has 7 heteroatoms. The third kappa shape index (κ3) is 3.24. The molecule has 0 spiro atoms. The second kappa shape index (κ2) is 7.17. The lowest BCUT2D eigenvalue weighted by Crippen LogP contribution is -2.44. The fraction of sp³-hybridized carbons (Fsp3) is 0.526. The zero-order valence-electron chi connectivity index (χ0n) is 14.9. The van der Waals surface area contributed by atoms with Gasteiger partial charge < -0.3 is 20.5 Å². The minimum Gasteiger partial charge on any atom is -0.388 e. The van der Waals surface area contributed by atoms with Crippen molar-refractivity contribution in [3.63, 3.8) is 0 Å². The summed E-state index contributed by atoms with van der Waals surface area (Å²) < 4.78 is 5.34. The van der Waals surface area contributed by atoms with E-state index in [0.29, 0.717) is 17.5 Å². The first-order chi connectivity index (χ1) is 12.3. The van der Waals surface area contributed by atoms with Gasteiger partial charge in [0.2, 0.25) is 11.8 Å². The molecule has 0 radical (unpaired) electrons.